The number of nitrogen functional groups attached to an aromatic ring is 1. The highest BCUT2D eigenvalue weighted by Gasteiger charge is 2.12. The number of fused-ring (bicyclic) bond motifs is 6. The Labute approximate surface area is 162 Å². The molecule has 2 heterocycles. The van der Waals surface area contributed by atoms with Crippen molar-refractivity contribution < 1.29 is 0 Å². The van der Waals surface area contributed by atoms with Gasteiger partial charge in [0, 0.05) is 39.6 Å². The molecule has 0 aliphatic carbocycles. The first-order valence-corrected chi connectivity index (χ1v) is 9.48. The van der Waals surface area contributed by atoms with Gasteiger partial charge < -0.3 is 10.4 Å². The number of benzene rings is 4. The van der Waals surface area contributed by atoms with E-state index in [1.807, 2.05) is 6.07 Å². The van der Waals surface area contributed by atoms with Crippen LogP contribution in [0, 0.1) is 0 Å². The third-order valence-corrected chi connectivity index (χ3v) is 5.96. The van der Waals surface area contributed by atoms with Crippen LogP contribution in [0.5, 0.6) is 0 Å². The monoisotopic (exact) mass is 361 g/mol. The molecule has 28 heavy (non-hydrogen) atoms. The molecule has 0 saturated heterocycles. The van der Waals surface area contributed by atoms with Gasteiger partial charge in [-0.25, -0.2) is 0 Å². The standard InChI is InChI=1S/C25H19N3/c1-27-22-8-4-2-6-18(22)20-12-10-16(14-24(20)27)17-11-13-21-19-7-3-5-9-23(19)28(26)25(21)15-17/h2-15H,26H2,1H3. The van der Waals surface area contributed by atoms with Crippen molar-refractivity contribution in [2.45, 2.75) is 0 Å². The van der Waals surface area contributed by atoms with E-state index in [-0.39, 0.29) is 0 Å². The fraction of sp³-hybridized carbons (Fsp3) is 0.0400. The highest BCUT2D eigenvalue weighted by molar-refractivity contribution is 6.10. The maximum absolute atomic E-state index is 6.40. The van der Waals surface area contributed by atoms with E-state index < -0.39 is 0 Å². The fourth-order valence-electron chi connectivity index (χ4n) is 4.52. The lowest BCUT2D eigenvalue weighted by atomic mass is 10.0. The molecule has 0 aliphatic heterocycles. The van der Waals surface area contributed by atoms with Crippen LogP contribution >= 0.6 is 0 Å². The summed E-state index contributed by atoms with van der Waals surface area (Å²) in [6, 6.07) is 30.1. The van der Waals surface area contributed by atoms with Gasteiger partial charge in [-0.05, 0) is 35.4 Å². The first kappa shape index (κ1) is 15.3. The third-order valence-electron chi connectivity index (χ3n) is 5.96. The van der Waals surface area contributed by atoms with Crippen molar-refractivity contribution in [1.29, 1.82) is 0 Å². The minimum absolute atomic E-state index is 1.05. The zero-order valence-electron chi connectivity index (χ0n) is 15.6. The van der Waals surface area contributed by atoms with Crippen LogP contribution in [0.3, 0.4) is 0 Å². The number of nitrogens with two attached hydrogens (primary N) is 1. The Morgan fingerprint density at radius 2 is 1.04 bits per heavy atom. The topological polar surface area (TPSA) is 35.9 Å². The summed E-state index contributed by atoms with van der Waals surface area (Å²) in [6.45, 7) is 0. The number of rotatable bonds is 1. The molecule has 6 rings (SSSR count). The zero-order valence-corrected chi connectivity index (χ0v) is 15.6. The smallest absolute Gasteiger partial charge is 0.0709 e. The van der Waals surface area contributed by atoms with Crippen molar-refractivity contribution in [2.75, 3.05) is 5.84 Å². The summed E-state index contributed by atoms with van der Waals surface area (Å²) in [6.07, 6.45) is 0. The van der Waals surface area contributed by atoms with Crippen molar-refractivity contribution >= 4 is 43.6 Å². The molecule has 0 atom stereocenters. The van der Waals surface area contributed by atoms with Crippen molar-refractivity contribution in [3.8, 4) is 11.1 Å². The number of aryl methyl sites for hydroxylation is 1. The molecule has 2 aromatic heterocycles. The molecular weight excluding hydrogens is 342 g/mol. The summed E-state index contributed by atoms with van der Waals surface area (Å²) in [5, 5.41) is 4.96. The molecule has 3 nitrogen and oxygen atoms in total. The van der Waals surface area contributed by atoms with E-state index in [1.54, 1.807) is 4.68 Å². The average Bonchev–Trinajstić information content (AvgIpc) is 3.20. The van der Waals surface area contributed by atoms with Crippen molar-refractivity contribution in [3.63, 3.8) is 0 Å². The Morgan fingerprint density at radius 3 is 1.75 bits per heavy atom. The molecule has 0 radical (unpaired) electrons. The summed E-state index contributed by atoms with van der Waals surface area (Å²) >= 11 is 0. The predicted molar refractivity (Wildman–Crippen MR) is 119 cm³/mol. The summed E-state index contributed by atoms with van der Waals surface area (Å²) in [4.78, 5) is 0. The lowest BCUT2D eigenvalue weighted by Gasteiger charge is -2.05. The van der Waals surface area contributed by atoms with E-state index in [2.05, 4.69) is 90.5 Å². The van der Waals surface area contributed by atoms with Crippen LogP contribution in [-0.4, -0.2) is 9.24 Å². The second kappa shape index (κ2) is 5.40. The summed E-state index contributed by atoms with van der Waals surface area (Å²) < 4.78 is 4.07. The number of para-hydroxylation sites is 2. The lowest BCUT2D eigenvalue weighted by Crippen LogP contribution is -2.06. The molecule has 0 fully saturated rings. The van der Waals surface area contributed by atoms with E-state index in [0.717, 1.165) is 11.0 Å². The van der Waals surface area contributed by atoms with Crippen LogP contribution in [0.4, 0.5) is 0 Å². The van der Waals surface area contributed by atoms with Crippen LogP contribution < -0.4 is 5.84 Å². The predicted octanol–water partition coefficient (Wildman–Crippen LogP) is 5.82. The van der Waals surface area contributed by atoms with Crippen LogP contribution in [0.25, 0.3) is 54.7 Å². The summed E-state index contributed by atoms with van der Waals surface area (Å²) in [5.41, 5.74) is 6.98. The molecule has 0 aliphatic rings. The van der Waals surface area contributed by atoms with Gasteiger partial charge in [-0.1, -0.05) is 60.7 Å². The van der Waals surface area contributed by atoms with E-state index in [0.29, 0.717) is 0 Å². The van der Waals surface area contributed by atoms with Gasteiger partial charge >= 0.3 is 0 Å². The molecule has 4 aromatic carbocycles. The largest absolute Gasteiger partial charge is 0.344 e. The van der Waals surface area contributed by atoms with Crippen LogP contribution in [0.2, 0.25) is 0 Å². The normalized spacial score (nSPS) is 11.9. The zero-order chi connectivity index (χ0) is 18.8. The Kier molecular flexibility index (Phi) is 2.96. The van der Waals surface area contributed by atoms with Gasteiger partial charge in [0.2, 0.25) is 0 Å². The molecule has 0 amide bonds. The van der Waals surface area contributed by atoms with Crippen molar-refractivity contribution in [3.05, 3.63) is 84.9 Å². The highest BCUT2D eigenvalue weighted by atomic mass is 15.3. The minimum Gasteiger partial charge on any atom is -0.344 e. The minimum atomic E-state index is 1.05. The van der Waals surface area contributed by atoms with E-state index in [4.69, 9.17) is 5.84 Å². The van der Waals surface area contributed by atoms with Crippen molar-refractivity contribution in [2.24, 2.45) is 7.05 Å². The third kappa shape index (κ3) is 1.93. The highest BCUT2D eigenvalue weighted by Crippen LogP contribution is 2.34. The van der Waals surface area contributed by atoms with Gasteiger partial charge in [0.1, 0.15) is 0 Å². The SMILES string of the molecule is Cn1c2ccccc2c2ccc(-c3ccc4c5ccccc5n(N)c4c3)cc21. The molecule has 2 N–H and O–H groups in total. The second-order valence-corrected chi connectivity index (χ2v) is 7.43. The van der Waals surface area contributed by atoms with E-state index in [9.17, 15) is 0 Å². The van der Waals surface area contributed by atoms with Crippen LogP contribution in [0.15, 0.2) is 84.9 Å². The van der Waals surface area contributed by atoms with Crippen molar-refractivity contribution in [1.82, 2.24) is 9.24 Å². The molecule has 134 valence electrons. The number of nitrogens with zero attached hydrogens (tertiary/aromatic N) is 2. The van der Waals surface area contributed by atoms with E-state index in [1.165, 1.54) is 43.7 Å². The molecule has 6 aromatic rings. The van der Waals surface area contributed by atoms with Crippen LogP contribution in [0.1, 0.15) is 0 Å². The fourth-order valence-corrected chi connectivity index (χ4v) is 4.52. The summed E-state index contributed by atoms with van der Waals surface area (Å²) in [5.74, 6) is 6.40. The quantitative estimate of drug-likeness (QED) is 0.368. The van der Waals surface area contributed by atoms with Gasteiger partial charge in [0.25, 0.3) is 0 Å². The Hall–Kier alpha value is -3.72. The second-order valence-electron chi connectivity index (χ2n) is 7.43. The molecule has 0 bridgehead atoms. The molecule has 0 saturated carbocycles. The molecule has 0 unspecified atom stereocenters. The summed E-state index contributed by atoms with van der Waals surface area (Å²) in [7, 11) is 2.13. The average molecular weight is 361 g/mol. The Morgan fingerprint density at radius 1 is 0.536 bits per heavy atom. The Bertz CT molecular complexity index is 1410. The van der Waals surface area contributed by atoms with E-state index >= 15 is 0 Å². The van der Waals surface area contributed by atoms with Gasteiger partial charge in [0.15, 0.2) is 0 Å². The lowest BCUT2D eigenvalue weighted by molar-refractivity contribution is 1.01. The number of hydrogen-bond donors (Lipinski definition) is 1. The van der Waals surface area contributed by atoms with Gasteiger partial charge in [-0.2, -0.15) is 0 Å². The molecule has 0 spiro atoms. The first-order chi connectivity index (χ1) is 13.7. The first-order valence-electron chi connectivity index (χ1n) is 9.48. The molecule has 3 heteroatoms. The number of hydrogen-bond acceptors (Lipinski definition) is 1. The van der Waals surface area contributed by atoms with Gasteiger partial charge in [-0.15, -0.1) is 0 Å². The molecular formula is C25H19N3. The van der Waals surface area contributed by atoms with Gasteiger partial charge in [-0.3, -0.25) is 4.68 Å². The maximum Gasteiger partial charge on any atom is 0.0709 e. The Balaban J connectivity index is 1.61. The number of aromatic nitrogens is 2. The maximum atomic E-state index is 6.40. The van der Waals surface area contributed by atoms with Crippen LogP contribution in [-0.2, 0) is 7.05 Å². The van der Waals surface area contributed by atoms with Gasteiger partial charge in [0.05, 0.1) is 11.0 Å².